The first-order chi connectivity index (χ1) is 11.6. The summed E-state index contributed by atoms with van der Waals surface area (Å²) in [5, 5.41) is 9.07. The molecule has 1 aliphatic rings. The van der Waals surface area contributed by atoms with Gasteiger partial charge in [0.25, 0.3) is 10.0 Å². The Morgan fingerprint density at radius 3 is 2.33 bits per heavy atom. The predicted octanol–water partition coefficient (Wildman–Crippen LogP) is 4.09. The van der Waals surface area contributed by atoms with Gasteiger partial charge in [-0.05, 0) is 43.2 Å². The Morgan fingerprint density at radius 2 is 1.67 bits per heavy atom. The van der Waals surface area contributed by atoms with Crippen molar-refractivity contribution in [1.29, 1.82) is 5.26 Å². The van der Waals surface area contributed by atoms with Crippen LogP contribution in [0.2, 0.25) is 0 Å². The molecule has 5 heteroatoms. The van der Waals surface area contributed by atoms with Crippen molar-refractivity contribution in [2.45, 2.75) is 43.0 Å². The molecule has 124 valence electrons. The highest BCUT2D eigenvalue weighted by Gasteiger charge is 2.32. The number of hydrogen-bond donors (Lipinski definition) is 0. The summed E-state index contributed by atoms with van der Waals surface area (Å²) in [5.74, 6) is 0. The first-order valence-corrected chi connectivity index (χ1v) is 9.66. The maximum absolute atomic E-state index is 13.3. The molecule has 2 aromatic rings. The monoisotopic (exact) mass is 340 g/mol. The largest absolute Gasteiger partial charge is 0.264 e. The summed E-state index contributed by atoms with van der Waals surface area (Å²) in [7, 11) is -3.70. The van der Waals surface area contributed by atoms with Crippen molar-refractivity contribution in [2.24, 2.45) is 0 Å². The molecule has 0 N–H and O–H groups in total. The maximum atomic E-state index is 13.3. The lowest BCUT2D eigenvalue weighted by Crippen LogP contribution is -2.41. The second kappa shape index (κ2) is 7.06. The van der Waals surface area contributed by atoms with E-state index in [1.165, 1.54) is 6.07 Å². The first-order valence-electron chi connectivity index (χ1n) is 8.22. The molecule has 0 bridgehead atoms. The highest BCUT2D eigenvalue weighted by atomic mass is 32.2. The molecule has 0 radical (unpaired) electrons. The number of rotatable bonds is 4. The van der Waals surface area contributed by atoms with Crippen molar-refractivity contribution >= 4 is 15.7 Å². The Kier molecular flexibility index (Phi) is 4.86. The second-order valence-corrected chi connectivity index (χ2v) is 7.88. The third kappa shape index (κ3) is 3.29. The highest BCUT2D eigenvalue weighted by molar-refractivity contribution is 7.92. The van der Waals surface area contributed by atoms with Crippen LogP contribution in [0.15, 0.2) is 59.5 Å². The lowest BCUT2D eigenvalue weighted by atomic mass is 9.95. The number of sulfonamides is 1. The van der Waals surface area contributed by atoms with Crippen LogP contribution in [-0.2, 0) is 10.0 Å². The van der Waals surface area contributed by atoms with Gasteiger partial charge in [-0.15, -0.1) is 0 Å². The predicted molar refractivity (Wildman–Crippen MR) is 94.1 cm³/mol. The molecule has 1 saturated carbocycles. The fourth-order valence-electron chi connectivity index (χ4n) is 3.28. The van der Waals surface area contributed by atoms with Crippen LogP contribution in [0.25, 0.3) is 0 Å². The zero-order valence-electron chi connectivity index (χ0n) is 13.4. The summed E-state index contributed by atoms with van der Waals surface area (Å²) in [6.07, 6.45) is 4.98. The Bertz CT molecular complexity index is 835. The van der Waals surface area contributed by atoms with E-state index < -0.39 is 10.0 Å². The van der Waals surface area contributed by atoms with Gasteiger partial charge in [0.1, 0.15) is 0 Å². The standard InChI is InChI=1S/C19H20N2O2S/c20-15-16-8-7-13-19(14-16)24(22,23)21(17-9-3-1-4-10-17)18-11-5-2-6-12-18/h1,3-4,7-10,13-14,18H,2,5-6,11-12H2. The highest BCUT2D eigenvalue weighted by Crippen LogP contribution is 2.32. The lowest BCUT2D eigenvalue weighted by molar-refractivity contribution is 0.438. The molecular weight excluding hydrogens is 320 g/mol. The van der Waals surface area contributed by atoms with Gasteiger partial charge in [0.2, 0.25) is 0 Å². The number of benzene rings is 2. The lowest BCUT2D eigenvalue weighted by Gasteiger charge is -2.35. The van der Waals surface area contributed by atoms with Gasteiger partial charge in [-0.2, -0.15) is 5.26 Å². The number of hydrogen-bond acceptors (Lipinski definition) is 3. The minimum Gasteiger partial charge on any atom is -0.263 e. The molecule has 0 aromatic heterocycles. The van der Waals surface area contributed by atoms with Gasteiger partial charge in [-0.25, -0.2) is 8.42 Å². The van der Waals surface area contributed by atoms with E-state index in [4.69, 9.17) is 5.26 Å². The van der Waals surface area contributed by atoms with Gasteiger partial charge < -0.3 is 0 Å². The quantitative estimate of drug-likeness (QED) is 0.842. The fraction of sp³-hybridized carbons (Fsp3) is 0.316. The van der Waals surface area contributed by atoms with Crippen LogP contribution in [0.4, 0.5) is 5.69 Å². The average Bonchev–Trinajstić information content (AvgIpc) is 2.63. The fourth-order valence-corrected chi connectivity index (χ4v) is 5.03. The normalized spacial score (nSPS) is 15.6. The Labute approximate surface area is 143 Å². The molecule has 0 atom stereocenters. The summed E-state index contributed by atoms with van der Waals surface area (Å²) in [5.41, 5.74) is 1.04. The molecule has 0 saturated heterocycles. The van der Waals surface area contributed by atoms with Crippen molar-refractivity contribution in [3.8, 4) is 6.07 Å². The van der Waals surface area contributed by atoms with E-state index in [0.29, 0.717) is 11.3 Å². The summed E-state index contributed by atoms with van der Waals surface area (Å²) in [4.78, 5) is 0.177. The van der Waals surface area contributed by atoms with Crippen LogP contribution in [0.1, 0.15) is 37.7 Å². The first kappa shape index (κ1) is 16.5. The van der Waals surface area contributed by atoms with Crippen LogP contribution in [0, 0.1) is 11.3 Å². The third-order valence-electron chi connectivity index (χ3n) is 4.44. The minimum absolute atomic E-state index is 0.0307. The van der Waals surface area contributed by atoms with Gasteiger partial charge in [-0.3, -0.25) is 4.31 Å². The second-order valence-electron chi connectivity index (χ2n) is 6.07. The van der Waals surface area contributed by atoms with Gasteiger partial charge in [0, 0.05) is 6.04 Å². The molecule has 24 heavy (non-hydrogen) atoms. The number of nitrogens with zero attached hydrogens (tertiary/aromatic N) is 2. The van der Waals surface area contributed by atoms with Crippen LogP contribution in [-0.4, -0.2) is 14.5 Å². The molecule has 3 rings (SSSR count). The topological polar surface area (TPSA) is 61.2 Å². The third-order valence-corrected chi connectivity index (χ3v) is 6.31. The van der Waals surface area contributed by atoms with Crippen molar-refractivity contribution in [2.75, 3.05) is 4.31 Å². The molecule has 1 fully saturated rings. The molecular formula is C19H20N2O2S. The molecule has 4 nitrogen and oxygen atoms in total. The Balaban J connectivity index is 2.08. The van der Waals surface area contributed by atoms with E-state index in [-0.39, 0.29) is 10.9 Å². The van der Waals surface area contributed by atoms with Gasteiger partial charge >= 0.3 is 0 Å². The van der Waals surface area contributed by atoms with E-state index in [9.17, 15) is 8.42 Å². The smallest absolute Gasteiger partial charge is 0.263 e. The Hall–Kier alpha value is -2.32. The maximum Gasteiger partial charge on any atom is 0.264 e. The van der Waals surface area contributed by atoms with Crippen LogP contribution < -0.4 is 4.31 Å². The zero-order valence-corrected chi connectivity index (χ0v) is 14.2. The van der Waals surface area contributed by atoms with E-state index in [1.54, 1.807) is 22.5 Å². The molecule has 0 unspecified atom stereocenters. The molecule has 2 aromatic carbocycles. The number of nitriles is 1. The van der Waals surface area contributed by atoms with Crippen LogP contribution in [0.3, 0.4) is 0 Å². The average molecular weight is 340 g/mol. The van der Waals surface area contributed by atoms with Gasteiger partial charge in [0.05, 0.1) is 22.2 Å². The molecule has 1 aliphatic carbocycles. The van der Waals surface area contributed by atoms with Crippen LogP contribution in [0.5, 0.6) is 0 Å². The van der Waals surface area contributed by atoms with E-state index >= 15 is 0 Å². The van der Waals surface area contributed by atoms with Crippen molar-refractivity contribution in [1.82, 2.24) is 0 Å². The molecule has 0 aliphatic heterocycles. The summed E-state index contributed by atoms with van der Waals surface area (Å²) >= 11 is 0. The van der Waals surface area contributed by atoms with Crippen molar-refractivity contribution in [3.63, 3.8) is 0 Å². The molecule has 0 spiro atoms. The van der Waals surface area contributed by atoms with Gasteiger partial charge in [-0.1, -0.05) is 43.5 Å². The summed E-state index contributed by atoms with van der Waals surface area (Å²) in [6.45, 7) is 0. The van der Waals surface area contributed by atoms with E-state index in [2.05, 4.69) is 0 Å². The van der Waals surface area contributed by atoms with Crippen molar-refractivity contribution < 1.29 is 8.42 Å². The Morgan fingerprint density at radius 1 is 0.958 bits per heavy atom. The number of para-hydroxylation sites is 1. The zero-order chi connectivity index (χ0) is 17.0. The van der Waals surface area contributed by atoms with Gasteiger partial charge in [0.15, 0.2) is 0 Å². The summed E-state index contributed by atoms with van der Waals surface area (Å²) < 4.78 is 28.2. The van der Waals surface area contributed by atoms with Crippen molar-refractivity contribution in [3.05, 3.63) is 60.2 Å². The van der Waals surface area contributed by atoms with E-state index in [1.807, 2.05) is 36.4 Å². The van der Waals surface area contributed by atoms with E-state index in [0.717, 1.165) is 32.1 Å². The SMILES string of the molecule is N#Cc1cccc(S(=O)(=O)N(c2ccccc2)C2CCCCC2)c1. The molecule has 0 heterocycles. The summed E-state index contributed by atoms with van der Waals surface area (Å²) in [6, 6.07) is 17.5. The van der Waals surface area contributed by atoms with Crippen LogP contribution >= 0.6 is 0 Å². The number of anilines is 1. The molecule has 0 amide bonds. The minimum atomic E-state index is -3.70.